The predicted molar refractivity (Wildman–Crippen MR) is 179 cm³/mol. The summed E-state index contributed by atoms with van der Waals surface area (Å²) in [6, 6.07) is 3.10. The molecule has 1 aliphatic heterocycles. The van der Waals surface area contributed by atoms with E-state index in [-0.39, 0.29) is 35.4 Å². The molecule has 1 aliphatic carbocycles. The quantitative estimate of drug-likeness (QED) is 0.0826. The van der Waals surface area contributed by atoms with Crippen molar-refractivity contribution in [2.45, 2.75) is 109 Å². The van der Waals surface area contributed by atoms with Crippen molar-refractivity contribution < 1.29 is 29.1 Å². The number of amides is 4. The third kappa shape index (κ3) is 9.54. The minimum atomic E-state index is -1.30. The van der Waals surface area contributed by atoms with Gasteiger partial charge in [0, 0.05) is 17.0 Å². The molecular formula is C34H53N5O6S. The molecule has 1 saturated heterocycles. The number of nitrogens with one attached hydrogen (secondary N) is 3. The van der Waals surface area contributed by atoms with E-state index in [9.17, 15) is 29.1 Å². The molecule has 0 spiro atoms. The second-order valence-electron chi connectivity index (χ2n) is 14.5. The minimum Gasteiger partial charge on any atom is -0.376 e. The van der Waals surface area contributed by atoms with Crippen LogP contribution in [0.1, 0.15) is 84.5 Å². The summed E-state index contributed by atoms with van der Waals surface area (Å²) < 4.78 is 0. The van der Waals surface area contributed by atoms with Gasteiger partial charge in [0.05, 0.1) is 18.1 Å². The number of likely N-dealkylation sites (tertiary alicyclic amines) is 1. The minimum absolute atomic E-state index is 0.0973. The Bertz CT molecular complexity index is 1260. The molecule has 1 heterocycles. The van der Waals surface area contributed by atoms with Gasteiger partial charge < -0.3 is 26.4 Å². The van der Waals surface area contributed by atoms with Gasteiger partial charge in [-0.2, -0.15) is 0 Å². The Balaban J connectivity index is 1.82. The number of carbonyl (C=O) groups excluding carboxylic acids is 5. The lowest BCUT2D eigenvalue weighted by atomic mass is 9.84. The number of aliphatic hydroxyl groups is 1. The number of Topliss-reactive ketones (excluding diaryl/α,β-unsaturated/α-hetero) is 2. The lowest BCUT2D eigenvalue weighted by Crippen LogP contribution is -2.63. The van der Waals surface area contributed by atoms with Gasteiger partial charge in [-0.05, 0) is 60.3 Å². The van der Waals surface area contributed by atoms with Gasteiger partial charge in [-0.15, -0.1) is 11.8 Å². The van der Waals surface area contributed by atoms with Crippen LogP contribution in [0.25, 0.3) is 0 Å². The first-order valence-electron chi connectivity index (χ1n) is 16.3. The molecule has 2 unspecified atom stereocenters. The van der Waals surface area contributed by atoms with Crippen LogP contribution >= 0.6 is 11.8 Å². The third-order valence-corrected chi connectivity index (χ3v) is 9.90. The number of hydrogen-bond donors (Lipinski definition) is 5. The topological polar surface area (TPSA) is 171 Å². The Morgan fingerprint density at radius 1 is 1.00 bits per heavy atom. The van der Waals surface area contributed by atoms with Crippen LogP contribution in [0.4, 0.5) is 4.79 Å². The van der Waals surface area contributed by atoms with Gasteiger partial charge in [0.15, 0.2) is 5.78 Å². The van der Waals surface area contributed by atoms with Crippen molar-refractivity contribution >= 4 is 41.2 Å². The average Bonchev–Trinajstić information content (AvgIpc) is 3.69. The molecule has 6 N–H and O–H groups in total. The molecule has 0 aromatic heterocycles. The summed E-state index contributed by atoms with van der Waals surface area (Å²) in [5.41, 5.74) is 5.08. The van der Waals surface area contributed by atoms with E-state index in [1.165, 1.54) is 0 Å². The van der Waals surface area contributed by atoms with Crippen molar-refractivity contribution in [2.75, 3.05) is 12.8 Å². The number of carbonyl (C=O) groups is 5. The summed E-state index contributed by atoms with van der Waals surface area (Å²) in [5, 5.41) is 20.1. The highest BCUT2D eigenvalue weighted by Crippen LogP contribution is 2.36. The lowest BCUT2D eigenvalue weighted by Gasteiger charge is -2.40. The van der Waals surface area contributed by atoms with Crippen molar-refractivity contribution in [3.8, 4) is 0 Å². The maximum atomic E-state index is 14.3. The fraction of sp³-hybridized carbons (Fsp3) is 0.676. The second-order valence-corrected chi connectivity index (χ2v) is 15.4. The Morgan fingerprint density at radius 3 is 2.09 bits per heavy atom. The molecule has 1 aromatic carbocycles. The highest BCUT2D eigenvalue weighted by atomic mass is 32.2. The molecule has 256 valence electrons. The molecule has 1 aromatic rings. The van der Waals surface area contributed by atoms with Gasteiger partial charge in [0.2, 0.25) is 11.7 Å². The molecule has 3 rings (SSSR count). The maximum absolute atomic E-state index is 14.3. The SMILES string of the molecule is CSc1ccc(C(=O)[C@@H](NC(=O)N[C@H](C(=O)N2CC[C@H](C(C)C)[C@H]2C(O)NC(CC2CC2)C(=O)C(N)=O)C(C)(C)C)C(C)C)cc1. The zero-order valence-corrected chi connectivity index (χ0v) is 29.3. The van der Waals surface area contributed by atoms with Gasteiger partial charge in [0.1, 0.15) is 12.3 Å². The molecule has 0 bridgehead atoms. The summed E-state index contributed by atoms with van der Waals surface area (Å²) in [6.07, 6.45) is 3.53. The fourth-order valence-electron chi connectivity index (χ4n) is 6.24. The van der Waals surface area contributed by atoms with Gasteiger partial charge in [-0.1, -0.05) is 73.4 Å². The van der Waals surface area contributed by atoms with Crippen molar-refractivity contribution in [1.82, 2.24) is 20.9 Å². The number of thioether (sulfide) groups is 1. The average molecular weight is 660 g/mol. The summed E-state index contributed by atoms with van der Waals surface area (Å²) in [5.74, 6) is -2.41. The monoisotopic (exact) mass is 659 g/mol. The zero-order chi connectivity index (χ0) is 34.5. The number of hydrogen-bond acceptors (Lipinski definition) is 8. The van der Waals surface area contributed by atoms with E-state index in [1.807, 2.05) is 66.9 Å². The summed E-state index contributed by atoms with van der Waals surface area (Å²) in [4.78, 5) is 68.2. The highest BCUT2D eigenvalue weighted by Gasteiger charge is 2.48. The molecule has 2 fully saturated rings. The molecule has 46 heavy (non-hydrogen) atoms. The summed E-state index contributed by atoms with van der Waals surface area (Å²) in [6.45, 7) is 13.6. The Morgan fingerprint density at radius 2 is 1.61 bits per heavy atom. The van der Waals surface area contributed by atoms with Gasteiger partial charge in [0.25, 0.3) is 5.91 Å². The molecular weight excluding hydrogens is 606 g/mol. The number of nitrogens with zero attached hydrogens (tertiary/aromatic N) is 1. The van der Waals surface area contributed by atoms with E-state index >= 15 is 0 Å². The van der Waals surface area contributed by atoms with E-state index < -0.39 is 53.5 Å². The third-order valence-electron chi connectivity index (χ3n) is 9.16. The van der Waals surface area contributed by atoms with Gasteiger partial charge in [-0.3, -0.25) is 24.5 Å². The van der Waals surface area contributed by atoms with Crippen LogP contribution in [0.3, 0.4) is 0 Å². The van der Waals surface area contributed by atoms with E-state index in [4.69, 9.17) is 5.73 Å². The van der Waals surface area contributed by atoms with Gasteiger partial charge >= 0.3 is 6.03 Å². The van der Waals surface area contributed by atoms with Crippen molar-refractivity contribution in [1.29, 1.82) is 0 Å². The van der Waals surface area contributed by atoms with Crippen LogP contribution in [-0.2, 0) is 14.4 Å². The first-order chi connectivity index (χ1) is 21.5. The van der Waals surface area contributed by atoms with E-state index in [0.717, 1.165) is 17.7 Å². The fourth-order valence-corrected chi connectivity index (χ4v) is 6.65. The number of benzene rings is 1. The smallest absolute Gasteiger partial charge is 0.316 e. The van der Waals surface area contributed by atoms with E-state index in [2.05, 4.69) is 16.0 Å². The van der Waals surface area contributed by atoms with Crippen LogP contribution < -0.4 is 21.7 Å². The standard InChI is InChI=1S/C34H53N5O6S/c1-18(2)23-15-16-39(26(23)31(43)36-24(17-20-9-10-20)28(41)30(35)42)32(44)29(34(5,6)7)38-33(45)37-25(19(3)4)27(40)21-11-13-22(46-8)14-12-21/h11-14,18-20,23-26,29,31,36,43H,9-10,15-17H2,1-8H3,(H2,35,42)(H2,37,38,45)/t23-,24?,25+,26+,29-,31?/m1/s1. The van der Waals surface area contributed by atoms with Crippen LogP contribution in [0, 0.1) is 29.1 Å². The van der Waals surface area contributed by atoms with Crippen LogP contribution in [0.2, 0.25) is 0 Å². The first-order valence-corrected chi connectivity index (χ1v) is 17.5. The van der Waals surface area contributed by atoms with Crippen molar-refractivity contribution in [3.05, 3.63) is 29.8 Å². The van der Waals surface area contributed by atoms with Crippen LogP contribution in [0.15, 0.2) is 29.2 Å². The first kappa shape index (κ1) is 37.5. The van der Waals surface area contributed by atoms with Gasteiger partial charge in [-0.25, -0.2) is 4.79 Å². The molecule has 0 radical (unpaired) electrons. The zero-order valence-electron chi connectivity index (χ0n) is 28.5. The highest BCUT2D eigenvalue weighted by molar-refractivity contribution is 7.98. The number of primary amides is 1. The van der Waals surface area contributed by atoms with Crippen LogP contribution in [0.5, 0.6) is 0 Å². The van der Waals surface area contributed by atoms with E-state index in [0.29, 0.717) is 24.9 Å². The molecule has 1 saturated carbocycles. The Hall–Kier alpha value is -2.96. The molecule has 12 heteroatoms. The Kier molecular flexibility index (Phi) is 12.8. The Labute approximate surface area is 277 Å². The lowest BCUT2D eigenvalue weighted by molar-refractivity contribution is -0.142. The predicted octanol–water partition coefficient (Wildman–Crippen LogP) is 3.33. The summed E-state index contributed by atoms with van der Waals surface area (Å²) >= 11 is 1.57. The normalized spacial score (nSPS) is 21.1. The summed E-state index contributed by atoms with van der Waals surface area (Å²) in [7, 11) is 0. The number of nitrogens with two attached hydrogens (primary N) is 1. The maximum Gasteiger partial charge on any atom is 0.316 e. The molecule has 2 aliphatic rings. The number of rotatable bonds is 15. The molecule has 6 atom stereocenters. The largest absolute Gasteiger partial charge is 0.376 e. The second kappa shape index (κ2) is 15.8. The van der Waals surface area contributed by atoms with Crippen molar-refractivity contribution in [3.63, 3.8) is 0 Å². The van der Waals surface area contributed by atoms with E-state index in [1.54, 1.807) is 28.8 Å². The number of aliphatic hydroxyl groups excluding tert-OH is 1. The van der Waals surface area contributed by atoms with Crippen molar-refractivity contribution in [2.24, 2.45) is 34.8 Å². The molecule has 4 amide bonds. The van der Waals surface area contributed by atoms with Crippen LogP contribution in [-0.4, -0.2) is 82.6 Å². The number of ketones is 2. The molecule has 11 nitrogen and oxygen atoms in total. The number of urea groups is 1.